The molecule has 1 rings (SSSR count). The van der Waals surface area contributed by atoms with Gasteiger partial charge in [-0.2, -0.15) is 0 Å². The summed E-state index contributed by atoms with van der Waals surface area (Å²) in [5.74, 6) is -0.472. The first kappa shape index (κ1) is 7.32. The highest BCUT2D eigenvalue weighted by atomic mass is 16.4. The fourth-order valence-electron chi connectivity index (χ4n) is 1.53. The zero-order valence-electron chi connectivity index (χ0n) is 6.35. The third-order valence-corrected chi connectivity index (χ3v) is 2.14. The van der Waals surface area contributed by atoms with Gasteiger partial charge in [0.05, 0.1) is 0 Å². The first-order valence-corrected chi connectivity index (χ1v) is 3.56. The van der Waals surface area contributed by atoms with Gasteiger partial charge in [0, 0.05) is 5.57 Å². The molecule has 56 valence electrons. The summed E-state index contributed by atoms with van der Waals surface area (Å²) >= 11 is 0. The molecule has 1 aliphatic rings. The van der Waals surface area contributed by atoms with Crippen LogP contribution in [0.4, 0.5) is 0 Å². The van der Waals surface area contributed by atoms with E-state index in [-0.39, 0.29) is 5.92 Å². The minimum atomic E-state index is -0.734. The molecule has 2 heteroatoms. The molecule has 1 unspecified atom stereocenters. The monoisotopic (exact) mass is 140 g/mol. The Morgan fingerprint density at radius 1 is 1.70 bits per heavy atom. The molecule has 1 aliphatic carbocycles. The third kappa shape index (κ3) is 1.06. The van der Waals surface area contributed by atoms with Gasteiger partial charge in [0.15, 0.2) is 0 Å². The summed E-state index contributed by atoms with van der Waals surface area (Å²) in [5, 5.41) is 8.70. The van der Waals surface area contributed by atoms with E-state index < -0.39 is 5.97 Å². The lowest BCUT2D eigenvalue weighted by Crippen LogP contribution is -2.05. The maximum absolute atomic E-state index is 10.6. The summed E-state index contributed by atoms with van der Waals surface area (Å²) in [7, 11) is 0. The average molecular weight is 140 g/mol. The number of allylic oxidation sites excluding steroid dienone is 1. The molecule has 0 aromatic rings. The van der Waals surface area contributed by atoms with Crippen molar-refractivity contribution in [2.75, 3.05) is 0 Å². The zero-order chi connectivity index (χ0) is 7.72. The van der Waals surface area contributed by atoms with E-state index in [4.69, 9.17) is 5.11 Å². The molecule has 1 N–H and O–H groups in total. The molecule has 0 fully saturated rings. The van der Waals surface area contributed by atoms with Crippen LogP contribution in [0.3, 0.4) is 0 Å². The highest BCUT2D eigenvalue weighted by Crippen LogP contribution is 2.30. The van der Waals surface area contributed by atoms with Gasteiger partial charge in [-0.05, 0) is 25.7 Å². The molecule has 0 aliphatic heterocycles. The van der Waals surface area contributed by atoms with Gasteiger partial charge < -0.3 is 5.11 Å². The predicted molar refractivity (Wildman–Crippen MR) is 38.7 cm³/mol. The van der Waals surface area contributed by atoms with E-state index in [0.717, 1.165) is 18.4 Å². The van der Waals surface area contributed by atoms with E-state index in [9.17, 15) is 4.79 Å². The van der Waals surface area contributed by atoms with Crippen molar-refractivity contribution in [2.24, 2.45) is 5.92 Å². The molecule has 10 heavy (non-hydrogen) atoms. The lowest BCUT2D eigenvalue weighted by Gasteiger charge is -2.02. The first-order valence-electron chi connectivity index (χ1n) is 3.56. The number of hydrogen-bond donors (Lipinski definition) is 1. The Labute approximate surface area is 60.6 Å². The molecule has 0 saturated carbocycles. The van der Waals surface area contributed by atoms with Crippen LogP contribution in [-0.4, -0.2) is 11.1 Å². The predicted octanol–water partition coefficient (Wildman–Crippen LogP) is 1.82. The molecule has 0 aromatic carbocycles. The Kier molecular flexibility index (Phi) is 1.79. The van der Waals surface area contributed by atoms with E-state index >= 15 is 0 Å². The Hall–Kier alpha value is -0.790. The molecule has 0 aromatic heterocycles. The Bertz CT molecular complexity index is 191. The van der Waals surface area contributed by atoms with Gasteiger partial charge in [-0.25, -0.2) is 4.79 Å². The van der Waals surface area contributed by atoms with Crippen LogP contribution in [0.2, 0.25) is 0 Å². The summed E-state index contributed by atoms with van der Waals surface area (Å²) in [6.07, 6.45) is 1.97. The smallest absolute Gasteiger partial charge is 0.331 e. The van der Waals surface area contributed by atoms with Gasteiger partial charge in [0.1, 0.15) is 0 Å². The number of aliphatic carboxylic acids is 1. The molecule has 1 atom stereocenters. The van der Waals surface area contributed by atoms with Gasteiger partial charge in [0.2, 0.25) is 0 Å². The second-order valence-electron chi connectivity index (χ2n) is 2.94. The second-order valence-corrected chi connectivity index (χ2v) is 2.94. The minimum Gasteiger partial charge on any atom is -0.478 e. The van der Waals surface area contributed by atoms with Crippen molar-refractivity contribution in [2.45, 2.75) is 26.7 Å². The van der Waals surface area contributed by atoms with Crippen molar-refractivity contribution < 1.29 is 9.90 Å². The SMILES string of the molecule is CC1=C(C(=O)O)C(C)CC1. The zero-order valence-corrected chi connectivity index (χ0v) is 6.35. The Balaban J connectivity index is 2.88. The number of carbonyl (C=O) groups is 1. The molecular weight excluding hydrogens is 128 g/mol. The number of carboxylic acid groups (broad SMARTS) is 1. The maximum Gasteiger partial charge on any atom is 0.331 e. The average Bonchev–Trinajstić information content (AvgIpc) is 2.11. The number of rotatable bonds is 1. The molecule has 0 radical (unpaired) electrons. The van der Waals surface area contributed by atoms with Crippen LogP contribution in [0.15, 0.2) is 11.1 Å². The van der Waals surface area contributed by atoms with Crippen molar-refractivity contribution in [3.8, 4) is 0 Å². The van der Waals surface area contributed by atoms with Crippen LogP contribution < -0.4 is 0 Å². The number of hydrogen-bond acceptors (Lipinski definition) is 1. The lowest BCUT2D eigenvalue weighted by atomic mass is 10.0. The van der Waals surface area contributed by atoms with Crippen molar-refractivity contribution >= 4 is 5.97 Å². The highest BCUT2D eigenvalue weighted by molar-refractivity contribution is 5.88. The largest absolute Gasteiger partial charge is 0.478 e. The van der Waals surface area contributed by atoms with E-state index in [2.05, 4.69) is 0 Å². The first-order chi connectivity index (χ1) is 4.63. The molecule has 0 heterocycles. The van der Waals surface area contributed by atoms with Gasteiger partial charge in [-0.1, -0.05) is 12.5 Å². The van der Waals surface area contributed by atoms with Gasteiger partial charge in [-0.15, -0.1) is 0 Å². The summed E-state index contributed by atoms with van der Waals surface area (Å²) in [5.41, 5.74) is 1.69. The molecule has 0 saturated heterocycles. The maximum atomic E-state index is 10.6. The van der Waals surface area contributed by atoms with Gasteiger partial charge in [0.25, 0.3) is 0 Å². The van der Waals surface area contributed by atoms with Crippen LogP contribution in [0, 0.1) is 5.92 Å². The van der Waals surface area contributed by atoms with Crippen LogP contribution in [0.1, 0.15) is 26.7 Å². The van der Waals surface area contributed by atoms with Crippen molar-refractivity contribution in [1.82, 2.24) is 0 Å². The summed E-state index contributed by atoms with van der Waals surface area (Å²) in [6.45, 7) is 3.88. The van der Waals surface area contributed by atoms with E-state index in [1.807, 2.05) is 13.8 Å². The van der Waals surface area contributed by atoms with E-state index in [0.29, 0.717) is 5.57 Å². The van der Waals surface area contributed by atoms with Crippen molar-refractivity contribution in [1.29, 1.82) is 0 Å². The molecule has 0 bridgehead atoms. The topological polar surface area (TPSA) is 37.3 Å². The fraction of sp³-hybridized carbons (Fsp3) is 0.625. The Morgan fingerprint density at radius 3 is 2.50 bits per heavy atom. The van der Waals surface area contributed by atoms with Crippen LogP contribution in [0.5, 0.6) is 0 Å². The van der Waals surface area contributed by atoms with E-state index in [1.165, 1.54) is 0 Å². The third-order valence-electron chi connectivity index (χ3n) is 2.14. The molecule has 0 spiro atoms. The quantitative estimate of drug-likeness (QED) is 0.603. The van der Waals surface area contributed by atoms with Crippen LogP contribution >= 0.6 is 0 Å². The summed E-state index contributed by atoms with van der Waals surface area (Å²) < 4.78 is 0. The lowest BCUT2D eigenvalue weighted by molar-refractivity contribution is -0.133. The van der Waals surface area contributed by atoms with Gasteiger partial charge in [-0.3, -0.25) is 0 Å². The Morgan fingerprint density at radius 2 is 2.30 bits per heavy atom. The number of carboxylic acids is 1. The van der Waals surface area contributed by atoms with E-state index in [1.54, 1.807) is 0 Å². The summed E-state index contributed by atoms with van der Waals surface area (Å²) in [6, 6.07) is 0. The fourth-order valence-corrected chi connectivity index (χ4v) is 1.53. The van der Waals surface area contributed by atoms with Crippen molar-refractivity contribution in [3.05, 3.63) is 11.1 Å². The van der Waals surface area contributed by atoms with Crippen LogP contribution in [-0.2, 0) is 4.79 Å². The molecular formula is C8H12O2. The van der Waals surface area contributed by atoms with Gasteiger partial charge >= 0.3 is 5.97 Å². The molecule has 2 nitrogen and oxygen atoms in total. The highest BCUT2D eigenvalue weighted by Gasteiger charge is 2.24. The standard InChI is InChI=1S/C8H12O2/c1-5-3-4-6(2)7(5)8(9)10/h5H,3-4H2,1-2H3,(H,9,10). The second kappa shape index (κ2) is 2.45. The van der Waals surface area contributed by atoms with Crippen LogP contribution in [0.25, 0.3) is 0 Å². The normalized spacial score (nSPS) is 25.6. The van der Waals surface area contributed by atoms with Crippen molar-refractivity contribution in [3.63, 3.8) is 0 Å². The summed E-state index contributed by atoms with van der Waals surface area (Å²) in [4.78, 5) is 10.6. The molecule has 0 amide bonds. The minimum absolute atomic E-state index is 0.262.